The Morgan fingerprint density at radius 1 is 1.21 bits per heavy atom. The molecule has 124 valence electrons. The normalized spacial score (nSPS) is 17.1. The number of ether oxygens (including phenoxy) is 1. The molecule has 1 aliphatic rings. The van der Waals surface area contributed by atoms with E-state index >= 15 is 0 Å². The summed E-state index contributed by atoms with van der Waals surface area (Å²) < 4.78 is 5.33. The molecule has 0 spiro atoms. The second kappa shape index (κ2) is 6.48. The molecule has 4 nitrogen and oxygen atoms in total. The minimum absolute atomic E-state index is 0.0928. The summed E-state index contributed by atoms with van der Waals surface area (Å²) in [5.41, 5.74) is 4.75. The number of cyclic esters (lactones) is 1. The summed E-state index contributed by atoms with van der Waals surface area (Å²) in [4.78, 5) is 24.2. The maximum atomic E-state index is 12.4. The van der Waals surface area contributed by atoms with E-state index in [4.69, 9.17) is 4.74 Å². The third kappa shape index (κ3) is 3.18. The Morgan fingerprint density at radius 3 is 2.75 bits per heavy atom. The number of fused-ring (bicyclic) bond motifs is 1. The number of amides is 1. The van der Waals surface area contributed by atoms with Gasteiger partial charge in [-0.2, -0.15) is 0 Å². The summed E-state index contributed by atoms with van der Waals surface area (Å²) in [6.07, 6.45) is -0.364. The van der Waals surface area contributed by atoms with E-state index in [1.165, 1.54) is 0 Å². The van der Waals surface area contributed by atoms with Crippen LogP contribution in [0.2, 0.25) is 0 Å². The fourth-order valence-electron chi connectivity index (χ4n) is 3.14. The lowest BCUT2D eigenvalue weighted by Gasteiger charge is -2.18. The van der Waals surface area contributed by atoms with Crippen LogP contribution in [0.5, 0.6) is 0 Å². The highest BCUT2D eigenvalue weighted by Gasteiger charge is 2.32. The van der Waals surface area contributed by atoms with Crippen LogP contribution in [-0.2, 0) is 9.53 Å². The quantitative estimate of drug-likeness (QED) is 0.871. The zero-order valence-electron chi connectivity index (χ0n) is 14.1. The number of aryl methyl sites for hydroxylation is 2. The number of nitrogens with one attached hydrogen (secondary N) is 1. The van der Waals surface area contributed by atoms with E-state index in [9.17, 15) is 9.59 Å². The van der Waals surface area contributed by atoms with Crippen LogP contribution in [0, 0.1) is 13.8 Å². The van der Waals surface area contributed by atoms with Gasteiger partial charge in [0.1, 0.15) is 6.10 Å². The Hall–Kier alpha value is -2.62. The third-order valence-corrected chi connectivity index (χ3v) is 4.43. The van der Waals surface area contributed by atoms with Gasteiger partial charge >= 0.3 is 5.97 Å². The Morgan fingerprint density at radius 2 is 1.96 bits per heavy atom. The first-order valence-electron chi connectivity index (χ1n) is 8.12. The fraction of sp³-hybridized carbons (Fsp3) is 0.300. The molecule has 0 radical (unpaired) electrons. The van der Waals surface area contributed by atoms with Crippen LogP contribution in [0.4, 0.5) is 0 Å². The lowest BCUT2D eigenvalue weighted by atomic mass is 9.99. The van der Waals surface area contributed by atoms with Gasteiger partial charge in [-0.05, 0) is 38.0 Å². The number of carbonyl (C=O) groups is 2. The molecule has 0 bridgehead atoms. The van der Waals surface area contributed by atoms with Crippen molar-refractivity contribution in [3.63, 3.8) is 0 Å². The molecule has 3 rings (SSSR count). The Balaban J connectivity index is 1.68. The van der Waals surface area contributed by atoms with E-state index in [-0.39, 0.29) is 24.3 Å². The standard InChI is InChI=1S/C20H21NO3/c1-12-8-9-13(2)17(10-12)14(3)21-19(22)11-18-15-6-4-5-7-16(15)20(23)24-18/h4-10,14,18H,11H2,1-3H3,(H,21,22)/t14-,18+/m1/s1. The molecule has 1 aliphatic heterocycles. The Labute approximate surface area is 141 Å². The fourth-order valence-corrected chi connectivity index (χ4v) is 3.14. The monoisotopic (exact) mass is 323 g/mol. The maximum absolute atomic E-state index is 12.4. The van der Waals surface area contributed by atoms with Crippen molar-refractivity contribution in [2.24, 2.45) is 0 Å². The highest BCUT2D eigenvalue weighted by atomic mass is 16.5. The largest absolute Gasteiger partial charge is 0.453 e. The van der Waals surface area contributed by atoms with Gasteiger partial charge < -0.3 is 10.1 Å². The van der Waals surface area contributed by atoms with Crippen LogP contribution in [-0.4, -0.2) is 11.9 Å². The van der Waals surface area contributed by atoms with E-state index in [1.807, 2.05) is 32.9 Å². The van der Waals surface area contributed by atoms with Crippen molar-refractivity contribution in [2.45, 2.75) is 39.3 Å². The van der Waals surface area contributed by atoms with Crippen molar-refractivity contribution in [3.05, 3.63) is 70.3 Å². The summed E-state index contributed by atoms with van der Waals surface area (Å²) in [6.45, 7) is 6.03. The smallest absolute Gasteiger partial charge is 0.339 e. The van der Waals surface area contributed by atoms with Gasteiger partial charge in [-0.3, -0.25) is 4.79 Å². The van der Waals surface area contributed by atoms with Crippen molar-refractivity contribution in [2.75, 3.05) is 0 Å². The topological polar surface area (TPSA) is 55.4 Å². The van der Waals surface area contributed by atoms with Crippen LogP contribution in [0.3, 0.4) is 0 Å². The predicted molar refractivity (Wildman–Crippen MR) is 91.7 cm³/mol. The SMILES string of the molecule is Cc1ccc(C)c([C@@H](C)NC(=O)C[C@@H]2OC(=O)c3ccccc32)c1. The van der Waals surface area contributed by atoms with Gasteiger partial charge in [0.2, 0.25) is 5.91 Å². The van der Waals surface area contributed by atoms with Gasteiger partial charge in [-0.15, -0.1) is 0 Å². The van der Waals surface area contributed by atoms with Crippen LogP contribution < -0.4 is 5.32 Å². The van der Waals surface area contributed by atoms with Gasteiger partial charge in [-0.25, -0.2) is 4.79 Å². The number of carbonyl (C=O) groups excluding carboxylic acids is 2. The van der Waals surface area contributed by atoms with E-state index in [1.54, 1.807) is 12.1 Å². The molecular formula is C20H21NO3. The molecule has 4 heteroatoms. The van der Waals surface area contributed by atoms with E-state index in [0.717, 1.165) is 22.3 Å². The van der Waals surface area contributed by atoms with Crippen LogP contribution in [0.1, 0.15) is 58.1 Å². The summed E-state index contributed by atoms with van der Waals surface area (Å²) in [7, 11) is 0. The molecular weight excluding hydrogens is 302 g/mol. The zero-order chi connectivity index (χ0) is 17.3. The van der Waals surface area contributed by atoms with Crippen molar-refractivity contribution in [1.82, 2.24) is 5.32 Å². The number of esters is 1. The molecule has 0 saturated carbocycles. The maximum Gasteiger partial charge on any atom is 0.339 e. The average Bonchev–Trinajstić information content (AvgIpc) is 2.86. The minimum atomic E-state index is -0.500. The van der Waals surface area contributed by atoms with Gasteiger partial charge in [0.05, 0.1) is 18.0 Å². The molecule has 24 heavy (non-hydrogen) atoms. The van der Waals surface area contributed by atoms with Crippen LogP contribution in [0.25, 0.3) is 0 Å². The van der Waals surface area contributed by atoms with E-state index in [0.29, 0.717) is 5.56 Å². The highest BCUT2D eigenvalue weighted by molar-refractivity contribution is 5.94. The van der Waals surface area contributed by atoms with Crippen LogP contribution in [0.15, 0.2) is 42.5 Å². The molecule has 2 aromatic carbocycles. The lowest BCUT2D eigenvalue weighted by Crippen LogP contribution is -2.28. The number of benzene rings is 2. The predicted octanol–water partition coefficient (Wildman–Crippen LogP) is 3.78. The highest BCUT2D eigenvalue weighted by Crippen LogP contribution is 2.32. The Kier molecular flexibility index (Phi) is 4.38. The van der Waals surface area contributed by atoms with Crippen molar-refractivity contribution in [1.29, 1.82) is 0 Å². The molecule has 1 N–H and O–H groups in total. The summed E-state index contributed by atoms with van der Waals surface area (Å²) in [5.74, 6) is -0.483. The first-order valence-corrected chi connectivity index (χ1v) is 8.12. The number of rotatable bonds is 4. The molecule has 0 unspecified atom stereocenters. The van der Waals surface area contributed by atoms with E-state index in [2.05, 4.69) is 23.5 Å². The lowest BCUT2D eigenvalue weighted by molar-refractivity contribution is -0.123. The molecule has 2 aromatic rings. The molecule has 0 fully saturated rings. The summed E-state index contributed by atoms with van der Waals surface area (Å²) in [5, 5.41) is 3.01. The van der Waals surface area contributed by atoms with Gasteiger partial charge in [0, 0.05) is 5.56 Å². The zero-order valence-corrected chi connectivity index (χ0v) is 14.1. The Bertz CT molecular complexity index is 797. The third-order valence-electron chi connectivity index (χ3n) is 4.43. The summed E-state index contributed by atoms with van der Waals surface area (Å²) in [6, 6.07) is 13.3. The number of hydrogen-bond donors (Lipinski definition) is 1. The van der Waals surface area contributed by atoms with Crippen molar-refractivity contribution >= 4 is 11.9 Å². The molecule has 0 aromatic heterocycles. The van der Waals surface area contributed by atoms with Gasteiger partial charge in [0.15, 0.2) is 0 Å². The minimum Gasteiger partial charge on any atom is -0.453 e. The molecule has 1 heterocycles. The molecule has 0 saturated heterocycles. The first kappa shape index (κ1) is 16.2. The van der Waals surface area contributed by atoms with Crippen molar-refractivity contribution in [3.8, 4) is 0 Å². The first-order chi connectivity index (χ1) is 11.5. The second-order valence-electron chi connectivity index (χ2n) is 6.33. The molecule has 1 amide bonds. The molecule has 2 atom stereocenters. The summed E-state index contributed by atoms with van der Waals surface area (Å²) >= 11 is 0. The van der Waals surface area contributed by atoms with Gasteiger partial charge in [-0.1, -0.05) is 42.0 Å². The number of hydrogen-bond acceptors (Lipinski definition) is 3. The molecule has 0 aliphatic carbocycles. The van der Waals surface area contributed by atoms with E-state index < -0.39 is 6.10 Å². The van der Waals surface area contributed by atoms with Crippen LogP contribution >= 0.6 is 0 Å². The van der Waals surface area contributed by atoms with Crippen molar-refractivity contribution < 1.29 is 14.3 Å². The average molecular weight is 323 g/mol. The van der Waals surface area contributed by atoms with Gasteiger partial charge in [0.25, 0.3) is 0 Å². The second-order valence-corrected chi connectivity index (χ2v) is 6.33.